The zero-order valence-electron chi connectivity index (χ0n) is 12.9. The van der Waals surface area contributed by atoms with Crippen molar-refractivity contribution in [2.45, 2.75) is 38.6 Å². The summed E-state index contributed by atoms with van der Waals surface area (Å²) in [6.45, 7) is 2.10. The lowest BCUT2D eigenvalue weighted by molar-refractivity contribution is 0.408. The van der Waals surface area contributed by atoms with Gasteiger partial charge in [-0.1, -0.05) is 35.9 Å². The number of methoxy groups -OCH3 is 1. The molecule has 0 bridgehead atoms. The Kier molecular flexibility index (Phi) is 3.98. The second-order valence-electron chi connectivity index (χ2n) is 6.01. The third-order valence-corrected chi connectivity index (χ3v) is 4.43. The molecule has 2 nitrogen and oxygen atoms in total. The molecule has 2 N–H and O–H groups in total. The van der Waals surface area contributed by atoms with Crippen LogP contribution in [0.5, 0.6) is 5.75 Å². The first-order chi connectivity index (χ1) is 10.2. The quantitative estimate of drug-likeness (QED) is 0.926. The zero-order valence-corrected chi connectivity index (χ0v) is 12.9. The van der Waals surface area contributed by atoms with Crippen LogP contribution in [0.4, 0.5) is 0 Å². The summed E-state index contributed by atoms with van der Waals surface area (Å²) in [6.07, 6.45) is 4.50. The summed E-state index contributed by atoms with van der Waals surface area (Å²) in [5.41, 5.74) is 13.1. The molecule has 3 rings (SSSR count). The van der Waals surface area contributed by atoms with E-state index in [0.717, 1.165) is 12.2 Å². The predicted octanol–water partition coefficient (Wildman–Crippen LogP) is 3.73. The van der Waals surface area contributed by atoms with Gasteiger partial charge in [0.2, 0.25) is 0 Å². The van der Waals surface area contributed by atoms with Crippen molar-refractivity contribution in [3.05, 3.63) is 64.2 Å². The minimum Gasteiger partial charge on any atom is -0.496 e. The van der Waals surface area contributed by atoms with Crippen molar-refractivity contribution < 1.29 is 4.74 Å². The highest BCUT2D eigenvalue weighted by Crippen LogP contribution is 2.28. The van der Waals surface area contributed by atoms with Crippen LogP contribution in [0, 0.1) is 6.92 Å². The molecule has 0 aromatic heterocycles. The first-order valence-corrected chi connectivity index (χ1v) is 7.68. The molecular weight excluding hydrogens is 258 g/mol. The van der Waals surface area contributed by atoms with Crippen LogP contribution in [-0.4, -0.2) is 7.11 Å². The zero-order chi connectivity index (χ0) is 14.8. The van der Waals surface area contributed by atoms with Gasteiger partial charge in [0.15, 0.2) is 0 Å². The summed E-state index contributed by atoms with van der Waals surface area (Å²) in [6, 6.07) is 13.0. The third kappa shape index (κ3) is 2.96. The standard InChI is InChI=1S/C19H23NO/c1-13-6-9-19(21-2)17(10-13)12-18(20)16-8-7-14-4-3-5-15(14)11-16/h6-11,18H,3-5,12,20H2,1-2H3. The smallest absolute Gasteiger partial charge is 0.122 e. The van der Waals surface area contributed by atoms with Crippen molar-refractivity contribution in [1.82, 2.24) is 0 Å². The Balaban J connectivity index is 1.83. The summed E-state index contributed by atoms with van der Waals surface area (Å²) < 4.78 is 5.46. The number of rotatable bonds is 4. The Hall–Kier alpha value is -1.80. The molecule has 0 saturated carbocycles. The fourth-order valence-electron chi connectivity index (χ4n) is 3.24. The number of ether oxygens (including phenoxy) is 1. The Morgan fingerprint density at radius 3 is 2.71 bits per heavy atom. The molecule has 0 heterocycles. The highest BCUT2D eigenvalue weighted by Gasteiger charge is 2.15. The molecule has 2 heteroatoms. The van der Waals surface area contributed by atoms with Gasteiger partial charge in [-0.25, -0.2) is 0 Å². The Morgan fingerprint density at radius 2 is 1.90 bits per heavy atom. The highest BCUT2D eigenvalue weighted by atomic mass is 16.5. The predicted molar refractivity (Wildman–Crippen MR) is 86.8 cm³/mol. The van der Waals surface area contributed by atoms with Crippen molar-refractivity contribution in [1.29, 1.82) is 0 Å². The van der Waals surface area contributed by atoms with Crippen molar-refractivity contribution in [2.75, 3.05) is 7.11 Å². The lowest BCUT2D eigenvalue weighted by Gasteiger charge is -2.16. The number of hydrogen-bond donors (Lipinski definition) is 1. The van der Waals surface area contributed by atoms with E-state index < -0.39 is 0 Å². The number of benzene rings is 2. The van der Waals surface area contributed by atoms with Gasteiger partial charge in [0.25, 0.3) is 0 Å². The SMILES string of the molecule is COc1ccc(C)cc1CC(N)c1ccc2c(c1)CCC2. The van der Waals surface area contributed by atoms with Crippen LogP contribution in [0.2, 0.25) is 0 Å². The second kappa shape index (κ2) is 5.90. The number of hydrogen-bond acceptors (Lipinski definition) is 2. The molecule has 0 fully saturated rings. The van der Waals surface area contributed by atoms with E-state index in [-0.39, 0.29) is 6.04 Å². The van der Waals surface area contributed by atoms with Gasteiger partial charge in [-0.15, -0.1) is 0 Å². The minimum absolute atomic E-state index is 0.0200. The monoisotopic (exact) mass is 281 g/mol. The molecular formula is C19H23NO. The first kappa shape index (κ1) is 14.2. The summed E-state index contributed by atoms with van der Waals surface area (Å²) in [5.74, 6) is 0.928. The average molecular weight is 281 g/mol. The van der Waals surface area contributed by atoms with E-state index in [1.54, 1.807) is 7.11 Å². The lowest BCUT2D eigenvalue weighted by Crippen LogP contribution is -2.14. The van der Waals surface area contributed by atoms with Gasteiger partial charge in [-0.2, -0.15) is 0 Å². The van der Waals surface area contributed by atoms with Gasteiger partial charge in [-0.05, 0) is 60.9 Å². The molecule has 0 radical (unpaired) electrons. The Morgan fingerprint density at radius 1 is 1.10 bits per heavy atom. The lowest BCUT2D eigenvalue weighted by atomic mass is 9.95. The van der Waals surface area contributed by atoms with E-state index in [1.165, 1.54) is 47.1 Å². The molecule has 0 amide bonds. The van der Waals surface area contributed by atoms with Crippen molar-refractivity contribution in [2.24, 2.45) is 5.73 Å². The highest BCUT2D eigenvalue weighted by molar-refractivity contribution is 5.40. The number of aryl methyl sites for hydroxylation is 3. The molecule has 21 heavy (non-hydrogen) atoms. The van der Waals surface area contributed by atoms with E-state index in [1.807, 2.05) is 6.07 Å². The van der Waals surface area contributed by atoms with E-state index >= 15 is 0 Å². The van der Waals surface area contributed by atoms with E-state index in [4.69, 9.17) is 10.5 Å². The molecule has 1 atom stereocenters. The molecule has 1 aliphatic rings. The molecule has 0 aliphatic heterocycles. The summed E-state index contributed by atoms with van der Waals surface area (Å²) in [4.78, 5) is 0. The normalized spacial score (nSPS) is 14.8. The molecule has 1 aliphatic carbocycles. The molecule has 0 spiro atoms. The maximum Gasteiger partial charge on any atom is 0.122 e. The minimum atomic E-state index is 0.0200. The van der Waals surface area contributed by atoms with Gasteiger partial charge in [-0.3, -0.25) is 0 Å². The van der Waals surface area contributed by atoms with Crippen LogP contribution in [0.3, 0.4) is 0 Å². The average Bonchev–Trinajstić information content (AvgIpc) is 2.94. The van der Waals surface area contributed by atoms with Crippen molar-refractivity contribution >= 4 is 0 Å². The maximum atomic E-state index is 6.44. The van der Waals surface area contributed by atoms with Gasteiger partial charge in [0.1, 0.15) is 5.75 Å². The maximum absolute atomic E-state index is 6.44. The molecule has 1 unspecified atom stereocenters. The Labute approximate surface area is 126 Å². The number of fused-ring (bicyclic) bond motifs is 1. The van der Waals surface area contributed by atoms with E-state index in [9.17, 15) is 0 Å². The second-order valence-corrected chi connectivity index (χ2v) is 6.01. The molecule has 2 aromatic rings. The van der Waals surface area contributed by atoms with E-state index in [0.29, 0.717) is 0 Å². The van der Waals surface area contributed by atoms with Crippen LogP contribution in [0.1, 0.15) is 40.3 Å². The summed E-state index contributed by atoms with van der Waals surface area (Å²) >= 11 is 0. The van der Waals surface area contributed by atoms with Gasteiger partial charge < -0.3 is 10.5 Å². The van der Waals surface area contributed by atoms with Crippen LogP contribution in [-0.2, 0) is 19.3 Å². The van der Waals surface area contributed by atoms with Crippen LogP contribution in [0.15, 0.2) is 36.4 Å². The summed E-state index contributed by atoms with van der Waals surface area (Å²) in [7, 11) is 1.72. The fourth-order valence-corrected chi connectivity index (χ4v) is 3.24. The molecule has 110 valence electrons. The van der Waals surface area contributed by atoms with Crippen LogP contribution >= 0.6 is 0 Å². The van der Waals surface area contributed by atoms with Gasteiger partial charge in [0, 0.05) is 6.04 Å². The van der Waals surface area contributed by atoms with Crippen molar-refractivity contribution in [3.63, 3.8) is 0 Å². The van der Waals surface area contributed by atoms with Crippen molar-refractivity contribution in [3.8, 4) is 5.75 Å². The van der Waals surface area contributed by atoms with Gasteiger partial charge in [0.05, 0.1) is 7.11 Å². The van der Waals surface area contributed by atoms with E-state index in [2.05, 4.69) is 37.3 Å². The van der Waals surface area contributed by atoms with Crippen LogP contribution in [0.25, 0.3) is 0 Å². The van der Waals surface area contributed by atoms with Crippen LogP contribution < -0.4 is 10.5 Å². The third-order valence-electron chi connectivity index (χ3n) is 4.43. The first-order valence-electron chi connectivity index (χ1n) is 7.68. The fraction of sp³-hybridized carbons (Fsp3) is 0.368. The molecule has 2 aromatic carbocycles. The Bertz CT molecular complexity index is 648. The topological polar surface area (TPSA) is 35.2 Å². The van der Waals surface area contributed by atoms with Gasteiger partial charge >= 0.3 is 0 Å². The number of nitrogens with two attached hydrogens (primary N) is 1. The largest absolute Gasteiger partial charge is 0.496 e. The molecule has 0 saturated heterocycles. The summed E-state index contributed by atoms with van der Waals surface area (Å²) in [5, 5.41) is 0.